The minimum atomic E-state index is -1.21. The SMILES string of the molecule is CCCCCN1CC=C[C@]23O[C@@H]4C=CCN(CCC)C(=O)[C@@H]4[C@H]2C(=O)N([C@@H](CC)CO)C3C1=O. The van der Waals surface area contributed by atoms with E-state index in [0.717, 1.165) is 25.7 Å². The fourth-order valence-electron chi connectivity index (χ4n) is 6.21. The van der Waals surface area contributed by atoms with Crippen LogP contribution in [0.2, 0.25) is 0 Å². The smallest absolute Gasteiger partial charge is 0.249 e. The third-order valence-corrected chi connectivity index (χ3v) is 7.86. The first-order chi connectivity index (χ1) is 16.4. The molecule has 188 valence electrons. The Morgan fingerprint density at radius 3 is 2.41 bits per heavy atom. The van der Waals surface area contributed by atoms with Crippen molar-refractivity contribution in [3.63, 3.8) is 0 Å². The van der Waals surface area contributed by atoms with Gasteiger partial charge < -0.3 is 24.5 Å². The highest BCUT2D eigenvalue weighted by Gasteiger charge is 2.72. The second kappa shape index (κ2) is 10.2. The van der Waals surface area contributed by atoms with Gasteiger partial charge in [-0.25, -0.2) is 0 Å². The van der Waals surface area contributed by atoms with Crippen LogP contribution >= 0.6 is 0 Å². The molecule has 0 bridgehead atoms. The number of unbranched alkanes of at least 4 members (excludes halogenated alkanes) is 2. The van der Waals surface area contributed by atoms with E-state index in [1.54, 1.807) is 14.7 Å². The van der Waals surface area contributed by atoms with Crippen LogP contribution in [0.25, 0.3) is 0 Å². The lowest BCUT2D eigenvalue weighted by molar-refractivity contribution is -0.151. The van der Waals surface area contributed by atoms with Crippen LogP contribution in [0.4, 0.5) is 0 Å². The van der Waals surface area contributed by atoms with Gasteiger partial charge in [-0.1, -0.05) is 57.9 Å². The minimum Gasteiger partial charge on any atom is -0.394 e. The fourth-order valence-corrected chi connectivity index (χ4v) is 6.21. The molecule has 4 aliphatic heterocycles. The average Bonchev–Trinajstić information content (AvgIpc) is 3.15. The van der Waals surface area contributed by atoms with Gasteiger partial charge in [-0.05, 0) is 19.3 Å². The van der Waals surface area contributed by atoms with Gasteiger partial charge in [0.1, 0.15) is 11.6 Å². The molecule has 1 N–H and O–H groups in total. The third-order valence-electron chi connectivity index (χ3n) is 7.86. The highest BCUT2D eigenvalue weighted by molar-refractivity contribution is 6.00. The quantitative estimate of drug-likeness (QED) is 0.407. The maximum atomic E-state index is 14.0. The average molecular weight is 474 g/mol. The lowest BCUT2D eigenvalue weighted by atomic mass is 9.77. The number of carbonyl (C=O) groups excluding carboxylic acids is 3. The molecule has 4 heterocycles. The molecule has 8 heteroatoms. The van der Waals surface area contributed by atoms with Crippen molar-refractivity contribution >= 4 is 17.7 Å². The predicted molar refractivity (Wildman–Crippen MR) is 128 cm³/mol. The van der Waals surface area contributed by atoms with Crippen LogP contribution in [0.3, 0.4) is 0 Å². The minimum absolute atomic E-state index is 0.0883. The standard InChI is InChI=1S/C26H39N3O5/c1-4-7-8-14-28-16-10-12-26-21(24(32)29(18(6-3)17-30)22(26)25(28)33)20-19(34-26)11-9-15-27(13-5-2)23(20)31/h9-12,18-22,30H,4-8,13-17H2,1-3H3/t18-,19+,20-,21-,22?,26-/m0/s1. The van der Waals surface area contributed by atoms with Crippen LogP contribution in [0.15, 0.2) is 24.3 Å². The first-order valence-electron chi connectivity index (χ1n) is 13.0. The molecule has 2 saturated heterocycles. The van der Waals surface area contributed by atoms with Crippen molar-refractivity contribution in [2.75, 3.05) is 32.8 Å². The molecule has 3 amide bonds. The van der Waals surface area contributed by atoms with Crippen LogP contribution in [0.1, 0.15) is 52.9 Å². The zero-order chi connectivity index (χ0) is 24.5. The zero-order valence-corrected chi connectivity index (χ0v) is 20.7. The molecule has 8 nitrogen and oxygen atoms in total. The highest BCUT2D eigenvalue weighted by Crippen LogP contribution is 2.54. The number of rotatable bonds is 9. The number of nitrogens with zero attached hydrogens (tertiary/aromatic N) is 3. The zero-order valence-electron chi connectivity index (χ0n) is 20.7. The monoisotopic (exact) mass is 473 g/mol. The summed E-state index contributed by atoms with van der Waals surface area (Å²) >= 11 is 0. The molecule has 0 aliphatic carbocycles. The maximum Gasteiger partial charge on any atom is 0.249 e. The van der Waals surface area contributed by atoms with E-state index in [1.807, 2.05) is 38.2 Å². The van der Waals surface area contributed by atoms with Crippen LogP contribution in [0, 0.1) is 11.8 Å². The molecule has 0 aromatic heterocycles. The molecule has 1 unspecified atom stereocenters. The lowest BCUT2D eigenvalue weighted by Crippen LogP contribution is -2.58. The van der Waals surface area contributed by atoms with E-state index in [2.05, 4.69) is 6.92 Å². The summed E-state index contributed by atoms with van der Waals surface area (Å²) in [4.78, 5) is 46.8. The van der Waals surface area contributed by atoms with Crippen molar-refractivity contribution < 1.29 is 24.2 Å². The van der Waals surface area contributed by atoms with Gasteiger partial charge in [-0.15, -0.1) is 0 Å². The van der Waals surface area contributed by atoms with Gasteiger partial charge in [0.05, 0.1) is 30.6 Å². The summed E-state index contributed by atoms with van der Waals surface area (Å²) in [5, 5.41) is 10.1. The molecule has 4 aliphatic rings. The number of fused-ring (bicyclic) bond motifs is 2. The molecule has 4 rings (SSSR count). The molecule has 0 aromatic carbocycles. The van der Waals surface area contributed by atoms with Crippen molar-refractivity contribution in [3.8, 4) is 0 Å². The summed E-state index contributed by atoms with van der Waals surface area (Å²) in [5.74, 6) is -1.96. The number of amides is 3. The Kier molecular flexibility index (Phi) is 7.48. The van der Waals surface area contributed by atoms with E-state index in [0.29, 0.717) is 32.6 Å². The molecule has 0 saturated carbocycles. The Bertz CT molecular complexity index is 853. The first kappa shape index (κ1) is 24.9. The van der Waals surface area contributed by atoms with Gasteiger partial charge in [-0.3, -0.25) is 14.4 Å². The molecular weight excluding hydrogens is 434 g/mol. The molecular formula is C26H39N3O5. The number of hydrogen-bond donors (Lipinski definition) is 1. The van der Waals surface area contributed by atoms with Gasteiger partial charge in [0.2, 0.25) is 17.7 Å². The largest absolute Gasteiger partial charge is 0.394 e. The van der Waals surface area contributed by atoms with Gasteiger partial charge in [0.15, 0.2) is 0 Å². The Morgan fingerprint density at radius 2 is 1.74 bits per heavy atom. The van der Waals surface area contributed by atoms with Crippen molar-refractivity contribution in [3.05, 3.63) is 24.3 Å². The normalized spacial score (nSPS) is 33.6. The van der Waals surface area contributed by atoms with E-state index >= 15 is 0 Å². The van der Waals surface area contributed by atoms with E-state index < -0.39 is 35.6 Å². The molecule has 6 atom stereocenters. The van der Waals surface area contributed by atoms with Crippen molar-refractivity contribution in [1.29, 1.82) is 0 Å². The number of ether oxygens (including phenoxy) is 1. The second-order valence-corrected chi connectivity index (χ2v) is 9.94. The Labute approximate surface area is 202 Å². The van der Waals surface area contributed by atoms with E-state index in [1.165, 1.54) is 0 Å². The molecule has 0 radical (unpaired) electrons. The van der Waals surface area contributed by atoms with Crippen LogP contribution in [0.5, 0.6) is 0 Å². The van der Waals surface area contributed by atoms with Gasteiger partial charge >= 0.3 is 0 Å². The van der Waals surface area contributed by atoms with Crippen molar-refractivity contribution in [1.82, 2.24) is 14.7 Å². The number of aliphatic hydroxyl groups is 1. The van der Waals surface area contributed by atoms with Crippen LogP contribution < -0.4 is 0 Å². The summed E-state index contributed by atoms with van der Waals surface area (Å²) in [5.41, 5.74) is -1.21. The first-order valence-corrected chi connectivity index (χ1v) is 13.0. The molecule has 0 aromatic rings. The number of carbonyl (C=O) groups is 3. The number of aliphatic hydroxyl groups excluding tert-OH is 1. The van der Waals surface area contributed by atoms with Gasteiger partial charge in [0, 0.05) is 26.2 Å². The lowest BCUT2D eigenvalue weighted by Gasteiger charge is -2.38. The summed E-state index contributed by atoms with van der Waals surface area (Å²) in [6.45, 7) is 7.99. The van der Waals surface area contributed by atoms with Crippen molar-refractivity contribution in [2.24, 2.45) is 11.8 Å². The van der Waals surface area contributed by atoms with Crippen molar-refractivity contribution in [2.45, 2.75) is 76.7 Å². The number of likely N-dealkylation sites (tertiary alicyclic amines) is 1. The predicted octanol–water partition coefficient (Wildman–Crippen LogP) is 1.74. The van der Waals surface area contributed by atoms with Crippen LogP contribution in [-0.2, 0) is 19.1 Å². The Balaban J connectivity index is 1.78. The van der Waals surface area contributed by atoms with Gasteiger partial charge in [-0.2, -0.15) is 0 Å². The summed E-state index contributed by atoms with van der Waals surface area (Å²) in [6, 6.07) is -1.38. The summed E-state index contributed by atoms with van der Waals surface area (Å²) < 4.78 is 6.61. The summed E-state index contributed by atoms with van der Waals surface area (Å²) in [7, 11) is 0. The topological polar surface area (TPSA) is 90.4 Å². The Morgan fingerprint density at radius 1 is 1.00 bits per heavy atom. The molecule has 2 fully saturated rings. The van der Waals surface area contributed by atoms with Gasteiger partial charge in [0.25, 0.3) is 0 Å². The highest BCUT2D eigenvalue weighted by atomic mass is 16.5. The molecule has 1 spiro atoms. The van der Waals surface area contributed by atoms with E-state index in [4.69, 9.17) is 4.74 Å². The maximum absolute atomic E-state index is 14.0. The Hall–Kier alpha value is -2.19. The third kappa shape index (κ3) is 3.88. The fraction of sp³-hybridized carbons (Fsp3) is 0.731. The second-order valence-electron chi connectivity index (χ2n) is 9.94. The van der Waals surface area contributed by atoms with E-state index in [9.17, 15) is 19.5 Å². The number of hydrogen-bond acceptors (Lipinski definition) is 5. The van der Waals surface area contributed by atoms with Crippen LogP contribution in [-0.4, -0.2) is 94.1 Å². The van der Waals surface area contributed by atoms with E-state index in [-0.39, 0.29) is 24.3 Å². The summed E-state index contributed by atoms with van der Waals surface area (Å²) in [6.07, 6.45) is 11.4. The molecule has 34 heavy (non-hydrogen) atoms.